The maximum Gasteiger partial charge on any atom is 0.248 e. The number of nitrogens with zero attached hydrogens (tertiary/aromatic N) is 2. The summed E-state index contributed by atoms with van der Waals surface area (Å²) in [6.07, 6.45) is 0.848. The van der Waals surface area contributed by atoms with Crippen LogP contribution in [0.5, 0.6) is 0 Å². The number of benzene rings is 2. The second-order valence-corrected chi connectivity index (χ2v) is 5.98. The van der Waals surface area contributed by atoms with Crippen LogP contribution in [0, 0.1) is 0 Å². The number of rotatable bonds is 4. The number of aromatic nitrogens is 2. The summed E-state index contributed by atoms with van der Waals surface area (Å²) in [5.74, 6) is -0.0291. The van der Waals surface area contributed by atoms with Gasteiger partial charge in [0.25, 0.3) is 0 Å². The quantitative estimate of drug-likeness (QED) is 0.751. The van der Waals surface area contributed by atoms with Crippen LogP contribution in [0.4, 0.5) is 5.95 Å². The van der Waals surface area contributed by atoms with Gasteiger partial charge in [0, 0.05) is 16.6 Å². The Hall–Kier alpha value is -2.34. The number of amides is 1. The number of carbonyl (C=O) groups excluding carboxylic acids is 1. The summed E-state index contributed by atoms with van der Waals surface area (Å²) in [7, 11) is 0. The highest BCUT2D eigenvalue weighted by atomic mass is 79.9. The van der Waals surface area contributed by atoms with Crippen molar-refractivity contribution >= 4 is 38.8 Å². The molecule has 22 heavy (non-hydrogen) atoms. The second kappa shape index (κ2) is 5.81. The van der Waals surface area contributed by atoms with Gasteiger partial charge in [0.2, 0.25) is 11.9 Å². The van der Waals surface area contributed by atoms with Crippen LogP contribution in [-0.2, 0) is 13.0 Å². The third kappa shape index (κ3) is 2.82. The Morgan fingerprint density at radius 3 is 2.59 bits per heavy atom. The van der Waals surface area contributed by atoms with Gasteiger partial charge in [-0.1, -0.05) is 28.1 Å². The molecule has 0 saturated heterocycles. The highest BCUT2D eigenvalue weighted by Gasteiger charge is 2.10. The van der Waals surface area contributed by atoms with Crippen LogP contribution in [0.25, 0.3) is 11.0 Å². The van der Waals surface area contributed by atoms with Gasteiger partial charge in [-0.2, -0.15) is 0 Å². The molecule has 6 heteroatoms. The van der Waals surface area contributed by atoms with Gasteiger partial charge < -0.3 is 16.0 Å². The lowest BCUT2D eigenvalue weighted by Crippen LogP contribution is -2.10. The van der Waals surface area contributed by atoms with Gasteiger partial charge in [-0.05, 0) is 42.3 Å². The van der Waals surface area contributed by atoms with Crippen LogP contribution >= 0.6 is 15.9 Å². The molecular formula is C16H15BrN4O. The highest BCUT2D eigenvalue weighted by molar-refractivity contribution is 9.10. The van der Waals surface area contributed by atoms with E-state index in [-0.39, 0.29) is 0 Å². The molecule has 1 heterocycles. The summed E-state index contributed by atoms with van der Waals surface area (Å²) in [5.41, 5.74) is 14.5. The van der Waals surface area contributed by atoms with Crippen molar-refractivity contribution < 1.29 is 4.79 Å². The van der Waals surface area contributed by atoms with Crippen LogP contribution in [0.1, 0.15) is 15.9 Å². The number of hydrogen-bond donors (Lipinski definition) is 2. The molecule has 0 bridgehead atoms. The van der Waals surface area contributed by atoms with Gasteiger partial charge in [0.05, 0.1) is 11.0 Å². The van der Waals surface area contributed by atoms with Crippen molar-refractivity contribution in [3.8, 4) is 0 Å². The first kappa shape index (κ1) is 14.6. The van der Waals surface area contributed by atoms with Crippen molar-refractivity contribution in [3.05, 3.63) is 58.1 Å². The fraction of sp³-hybridized carbons (Fsp3) is 0.125. The average Bonchev–Trinajstić information content (AvgIpc) is 2.81. The van der Waals surface area contributed by atoms with Gasteiger partial charge in [-0.15, -0.1) is 0 Å². The molecule has 1 amide bonds. The third-order valence-electron chi connectivity index (χ3n) is 3.60. The topological polar surface area (TPSA) is 86.9 Å². The minimum absolute atomic E-state index is 0.435. The van der Waals surface area contributed by atoms with Gasteiger partial charge in [0.15, 0.2) is 0 Å². The lowest BCUT2D eigenvalue weighted by atomic mass is 10.1. The molecule has 0 aliphatic carbocycles. The van der Waals surface area contributed by atoms with Gasteiger partial charge in [-0.25, -0.2) is 4.98 Å². The maximum absolute atomic E-state index is 11.2. The fourth-order valence-electron chi connectivity index (χ4n) is 2.43. The highest BCUT2D eigenvalue weighted by Crippen LogP contribution is 2.20. The molecule has 0 atom stereocenters. The molecule has 0 radical (unpaired) electrons. The smallest absolute Gasteiger partial charge is 0.248 e. The summed E-state index contributed by atoms with van der Waals surface area (Å²) in [5, 5.41) is 0. The summed E-state index contributed by atoms with van der Waals surface area (Å²) < 4.78 is 3.00. The Labute approximate surface area is 136 Å². The number of anilines is 1. The van der Waals surface area contributed by atoms with Crippen LogP contribution in [0.3, 0.4) is 0 Å². The van der Waals surface area contributed by atoms with E-state index in [1.165, 1.54) is 5.56 Å². The molecule has 0 aliphatic rings. The zero-order valence-electron chi connectivity index (χ0n) is 11.8. The Kier molecular flexibility index (Phi) is 3.85. The lowest BCUT2D eigenvalue weighted by molar-refractivity contribution is 0.100. The fourth-order valence-corrected chi connectivity index (χ4v) is 2.69. The Morgan fingerprint density at radius 2 is 1.91 bits per heavy atom. The van der Waals surface area contributed by atoms with Crippen molar-refractivity contribution in [2.24, 2.45) is 5.73 Å². The zero-order valence-corrected chi connectivity index (χ0v) is 13.4. The lowest BCUT2D eigenvalue weighted by Gasteiger charge is -2.07. The number of nitrogen functional groups attached to an aromatic ring is 1. The molecule has 5 nitrogen and oxygen atoms in total. The number of aryl methyl sites for hydroxylation is 2. The van der Waals surface area contributed by atoms with Crippen molar-refractivity contribution in [1.29, 1.82) is 0 Å². The molecule has 1 aromatic heterocycles. The molecule has 112 valence electrons. The normalized spacial score (nSPS) is 11.0. The van der Waals surface area contributed by atoms with Crippen LogP contribution in [0.2, 0.25) is 0 Å². The molecule has 0 unspecified atom stereocenters. The number of primary amides is 1. The van der Waals surface area contributed by atoms with E-state index in [1.54, 1.807) is 12.1 Å². The number of imidazole rings is 1. The van der Waals surface area contributed by atoms with E-state index in [0.29, 0.717) is 17.0 Å². The number of carbonyl (C=O) groups is 1. The third-order valence-corrected chi connectivity index (χ3v) is 4.13. The summed E-state index contributed by atoms with van der Waals surface area (Å²) >= 11 is 3.42. The molecule has 0 saturated carbocycles. The predicted molar refractivity (Wildman–Crippen MR) is 90.5 cm³/mol. The summed E-state index contributed by atoms with van der Waals surface area (Å²) in [4.78, 5) is 15.5. The van der Waals surface area contributed by atoms with Crippen molar-refractivity contribution in [1.82, 2.24) is 9.55 Å². The molecule has 2 aromatic carbocycles. The molecule has 0 fully saturated rings. The van der Waals surface area contributed by atoms with Gasteiger partial charge in [-0.3, -0.25) is 4.79 Å². The van der Waals surface area contributed by atoms with E-state index in [4.69, 9.17) is 11.5 Å². The van der Waals surface area contributed by atoms with Gasteiger partial charge >= 0.3 is 0 Å². The van der Waals surface area contributed by atoms with E-state index in [1.807, 2.05) is 22.8 Å². The minimum Gasteiger partial charge on any atom is -0.369 e. The van der Waals surface area contributed by atoms with Crippen LogP contribution in [-0.4, -0.2) is 15.5 Å². The van der Waals surface area contributed by atoms with Crippen molar-refractivity contribution in [3.63, 3.8) is 0 Å². The second-order valence-electron chi connectivity index (χ2n) is 5.07. The number of fused-ring (bicyclic) bond motifs is 1. The first-order valence-corrected chi connectivity index (χ1v) is 7.64. The van der Waals surface area contributed by atoms with Crippen molar-refractivity contribution in [2.75, 3.05) is 5.73 Å². The molecule has 4 N–H and O–H groups in total. The molecule has 3 aromatic rings. The molecule has 3 rings (SSSR count). The average molecular weight is 359 g/mol. The summed E-state index contributed by atoms with van der Waals surface area (Å²) in [6.45, 7) is 0.722. The SMILES string of the molecule is NC(=O)c1ccc2c(c1)nc(N)n2CCc1ccc(Br)cc1. The van der Waals surface area contributed by atoms with Crippen LogP contribution < -0.4 is 11.5 Å². The standard InChI is InChI=1S/C16H15BrN4O/c17-12-4-1-10(2-5-12)7-8-21-14-6-3-11(15(18)22)9-13(14)20-16(21)19/h1-6,9H,7-8H2,(H2,18,22)(H2,19,20). The van der Waals surface area contributed by atoms with E-state index in [2.05, 4.69) is 33.0 Å². The van der Waals surface area contributed by atoms with Gasteiger partial charge in [0.1, 0.15) is 0 Å². The maximum atomic E-state index is 11.2. The largest absolute Gasteiger partial charge is 0.369 e. The van der Waals surface area contributed by atoms with E-state index in [0.717, 1.165) is 23.0 Å². The van der Waals surface area contributed by atoms with E-state index in [9.17, 15) is 4.79 Å². The van der Waals surface area contributed by atoms with E-state index >= 15 is 0 Å². The first-order valence-electron chi connectivity index (χ1n) is 6.84. The van der Waals surface area contributed by atoms with Crippen LogP contribution in [0.15, 0.2) is 46.9 Å². The monoisotopic (exact) mass is 358 g/mol. The summed E-state index contributed by atoms with van der Waals surface area (Å²) in [6, 6.07) is 13.4. The number of nitrogens with two attached hydrogens (primary N) is 2. The molecule has 0 spiro atoms. The molecular weight excluding hydrogens is 344 g/mol. The number of hydrogen-bond acceptors (Lipinski definition) is 3. The van der Waals surface area contributed by atoms with E-state index < -0.39 is 5.91 Å². The molecule has 0 aliphatic heterocycles. The zero-order chi connectivity index (χ0) is 15.7. The Bertz CT molecular complexity index is 839. The Balaban J connectivity index is 1.88. The Morgan fingerprint density at radius 1 is 1.18 bits per heavy atom. The predicted octanol–water partition coefficient (Wildman–Crippen LogP) is 2.72. The number of halogens is 1. The first-order chi connectivity index (χ1) is 10.5. The van der Waals surface area contributed by atoms with Crippen molar-refractivity contribution in [2.45, 2.75) is 13.0 Å². The minimum atomic E-state index is -0.468.